The number of imide groups is 1. The van der Waals surface area contributed by atoms with Crippen LogP contribution in [0.4, 0.5) is 5.69 Å². The summed E-state index contributed by atoms with van der Waals surface area (Å²) in [7, 11) is 0. The number of hydrogen-bond donors (Lipinski definition) is 1. The molecule has 2 rings (SSSR count). The first-order valence-electron chi connectivity index (χ1n) is 5.58. The quantitative estimate of drug-likeness (QED) is 0.791. The zero-order chi connectivity index (χ0) is 12.3. The maximum atomic E-state index is 11.5. The first-order valence-corrected chi connectivity index (χ1v) is 5.58. The lowest BCUT2D eigenvalue weighted by atomic mass is 10.2. The van der Waals surface area contributed by atoms with Crippen LogP contribution in [0.1, 0.15) is 12.5 Å². The predicted molar refractivity (Wildman–Crippen MR) is 65.5 cm³/mol. The number of nitrogens with zero attached hydrogens (tertiary/aromatic N) is 1. The van der Waals surface area contributed by atoms with Gasteiger partial charge in [-0.1, -0.05) is 19.1 Å². The minimum Gasteiger partial charge on any atom is -0.313 e. The molecule has 1 N–H and O–H groups in total. The largest absolute Gasteiger partial charge is 0.313 e. The topological polar surface area (TPSA) is 49.4 Å². The lowest BCUT2D eigenvalue weighted by Gasteiger charge is -2.14. The van der Waals surface area contributed by atoms with Crippen molar-refractivity contribution in [2.75, 3.05) is 11.4 Å². The van der Waals surface area contributed by atoms with Crippen molar-refractivity contribution >= 4 is 17.5 Å². The smallest absolute Gasteiger partial charge is 0.258 e. The van der Waals surface area contributed by atoms with Crippen molar-refractivity contribution in [3.05, 3.63) is 42.0 Å². The molecule has 0 unspecified atom stereocenters. The number of hydrogen-bond acceptors (Lipinski definition) is 3. The standard InChI is InChI=1S/C13H14N2O2/c1-2-14-9-10-4-3-5-11(8-10)15-12(16)6-7-13(15)17/h3-8,14H,2,9H2,1H3. The highest BCUT2D eigenvalue weighted by atomic mass is 16.2. The molecular weight excluding hydrogens is 216 g/mol. The van der Waals surface area contributed by atoms with Gasteiger partial charge in [-0.2, -0.15) is 0 Å². The molecule has 0 aromatic heterocycles. The predicted octanol–water partition coefficient (Wildman–Crippen LogP) is 1.23. The van der Waals surface area contributed by atoms with Gasteiger partial charge in [-0.3, -0.25) is 9.59 Å². The van der Waals surface area contributed by atoms with Crippen LogP contribution in [0.15, 0.2) is 36.4 Å². The normalized spacial score (nSPS) is 14.8. The lowest BCUT2D eigenvalue weighted by Crippen LogP contribution is -2.29. The van der Waals surface area contributed by atoms with Crippen molar-refractivity contribution in [1.29, 1.82) is 0 Å². The van der Waals surface area contributed by atoms with Crippen LogP contribution < -0.4 is 10.2 Å². The van der Waals surface area contributed by atoms with E-state index >= 15 is 0 Å². The molecule has 4 heteroatoms. The van der Waals surface area contributed by atoms with Crippen LogP contribution in [0.5, 0.6) is 0 Å². The van der Waals surface area contributed by atoms with Crippen LogP contribution in [0.2, 0.25) is 0 Å². The van der Waals surface area contributed by atoms with Gasteiger partial charge in [-0.25, -0.2) is 4.90 Å². The monoisotopic (exact) mass is 230 g/mol. The summed E-state index contributed by atoms with van der Waals surface area (Å²) in [5.74, 6) is -0.564. The molecule has 1 aromatic rings. The average Bonchev–Trinajstić information content (AvgIpc) is 2.67. The molecule has 88 valence electrons. The summed E-state index contributed by atoms with van der Waals surface area (Å²) >= 11 is 0. The van der Waals surface area contributed by atoms with Gasteiger partial charge in [0.1, 0.15) is 0 Å². The van der Waals surface area contributed by atoms with E-state index in [-0.39, 0.29) is 11.8 Å². The van der Waals surface area contributed by atoms with E-state index in [1.807, 2.05) is 25.1 Å². The molecule has 0 atom stereocenters. The molecule has 0 aliphatic carbocycles. The number of carbonyl (C=O) groups is 2. The third-order valence-electron chi connectivity index (χ3n) is 2.56. The van der Waals surface area contributed by atoms with Crippen molar-refractivity contribution in [3.63, 3.8) is 0 Å². The number of anilines is 1. The van der Waals surface area contributed by atoms with Gasteiger partial charge in [0.2, 0.25) is 0 Å². The number of benzene rings is 1. The van der Waals surface area contributed by atoms with E-state index < -0.39 is 0 Å². The van der Waals surface area contributed by atoms with E-state index in [1.165, 1.54) is 17.1 Å². The molecular formula is C13H14N2O2. The Morgan fingerprint density at radius 1 is 1.18 bits per heavy atom. The molecule has 0 saturated carbocycles. The third-order valence-corrected chi connectivity index (χ3v) is 2.56. The summed E-state index contributed by atoms with van der Waals surface area (Å²) in [6, 6.07) is 7.43. The zero-order valence-electron chi connectivity index (χ0n) is 9.64. The van der Waals surface area contributed by atoms with Gasteiger partial charge in [-0.15, -0.1) is 0 Å². The Bertz CT molecular complexity index is 462. The Balaban J connectivity index is 2.21. The summed E-state index contributed by atoms with van der Waals surface area (Å²) in [5.41, 5.74) is 1.68. The number of amides is 2. The van der Waals surface area contributed by atoms with E-state index in [1.54, 1.807) is 6.07 Å². The minimum absolute atomic E-state index is 0.282. The molecule has 2 amide bonds. The first-order chi connectivity index (χ1) is 8.22. The van der Waals surface area contributed by atoms with Crippen LogP contribution in [0.25, 0.3) is 0 Å². The van der Waals surface area contributed by atoms with Gasteiger partial charge in [0.05, 0.1) is 5.69 Å². The Morgan fingerprint density at radius 2 is 1.88 bits per heavy atom. The summed E-state index contributed by atoms with van der Waals surface area (Å²) in [6.07, 6.45) is 2.58. The molecule has 17 heavy (non-hydrogen) atoms. The van der Waals surface area contributed by atoms with Gasteiger partial charge in [-0.05, 0) is 24.2 Å². The molecule has 1 heterocycles. The zero-order valence-corrected chi connectivity index (χ0v) is 9.64. The molecule has 0 spiro atoms. The number of carbonyl (C=O) groups excluding carboxylic acids is 2. The van der Waals surface area contributed by atoms with Crippen molar-refractivity contribution in [3.8, 4) is 0 Å². The molecule has 1 aromatic carbocycles. The summed E-state index contributed by atoms with van der Waals surface area (Å²) in [4.78, 5) is 24.2. The van der Waals surface area contributed by atoms with Gasteiger partial charge in [0.15, 0.2) is 0 Å². The highest BCUT2D eigenvalue weighted by Crippen LogP contribution is 2.20. The Kier molecular flexibility index (Phi) is 3.35. The maximum absolute atomic E-state index is 11.5. The first kappa shape index (κ1) is 11.5. The highest BCUT2D eigenvalue weighted by Gasteiger charge is 2.24. The molecule has 4 nitrogen and oxygen atoms in total. The van der Waals surface area contributed by atoms with Crippen LogP contribution in [-0.4, -0.2) is 18.4 Å². The van der Waals surface area contributed by atoms with E-state index in [0.717, 1.165) is 18.7 Å². The van der Waals surface area contributed by atoms with Crippen molar-refractivity contribution in [1.82, 2.24) is 5.32 Å². The van der Waals surface area contributed by atoms with Crippen molar-refractivity contribution < 1.29 is 9.59 Å². The molecule has 0 radical (unpaired) electrons. The van der Waals surface area contributed by atoms with Crippen LogP contribution in [0.3, 0.4) is 0 Å². The van der Waals surface area contributed by atoms with E-state index in [4.69, 9.17) is 0 Å². The Morgan fingerprint density at radius 3 is 2.53 bits per heavy atom. The SMILES string of the molecule is CCNCc1cccc(N2C(=O)C=CC2=O)c1. The second-order valence-corrected chi connectivity index (χ2v) is 3.80. The van der Waals surface area contributed by atoms with E-state index in [2.05, 4.69) is 5.32 Å². The van der Waals surface area contributed by atoms with Crippen LogP contribution in [-0.2, 0) is 16.1 Å². The highest BCUT2D eigenvalue weighted by molar-refractivity contribution is 6.28. The fourth-order valence-corrected chi connectivity index (χ4v) is 1.73. The maximum Gasteiger partial charge on any atom is 0.258 e. The molecule has 0 bridgehead atoms. The van der Waals surface area contributed by atoms with E-state index in [0.29, 0.717) is 5.69 Å². The van der Waals surface area contributed by atoms with Crippen LogP contribution >= 0.6 is 0 Å². The van der Waals surface area contributed by atoms with Crippen molar-refractivity contribution in [2.24, 2.45) is 0 Å². The van der Waals surface area contributed by atoms with Crippen LogP contribution in [0, 0.1) is 0 Å². The second-order valence-electron chi connectivity index (χ2n) is 3.80. The molecule has 1 aliphatic rings. The molecule has 1 aliphatic heterocycles. The van der Waals surface area contributed by atoms with Gasteiger partial charge < -0.3 is 5.32 Å². The average molecular weight is 230 g/mol. The number of nitrogens with one attached hydrogen (secondary N) is 1. The Hall–Kier alpha value is -1.94. The summed E-state index contributed by atoms with van der Waals surface area (Å²) in [6.45, 7) is 3.64. The van der Waals surface area contributed by atoms with Gasteiger partial charge >= 0.3 is 0 Å². The van der Waals surface area contributed by atoms with Gasteiger partial charge in [0.25, 0.3) is 11.8 Å². The second kappa shape index (κ2) is 4.93. The minimum atomic E-state index is -0.282. The third kappa shape index (κ3) is 2.42. The molecule has 0 fully saturated rings. The lowest BCUT2D eigenvalue weighted by molar-refractivity contribution is -0.119. The van der Waals surface area contributed by atoms with Gasteiger partial charge in [0, 0.05) is 18.7 Å². The summed E-state index contributed by atoms with van der Waals surface area (Å²) in [5, 5.41) is 3.20. The Labute approximate surface area is 99.9 Å². The fraction of sp³-hybridized carbons (Fsp3) is 0.231. The fourth-order valence-electron chi connectivity index (χ4n) is 1.73. The number of rotatable bonds is 4. The van der Waals surface area contributed by atoms with Crippen molar-refractivity contribution in [2.45, 2.75) is 13.5 Å². The summed E-state index contributed by atoms with van der Waals surface area (Å²) < 4.78 is 0. The van der Waals surface area contributed by atoms with E-state index in [9.17, 15) is 9.59 Å². The molecule has 0 saturated heterocycles.